The predicted octanol–water partition coefficient (Wildman–Crippen LogP) is 3.89. The zero-order chi connectivity index (χ0) is 20.5. The van der Waals surface area contributed by atoms with Gasteiger partial charge in [0.25, 0.3) is 5.91 Å². The summed E-state index contributed by atoms with van der Waals surface area (Å²) in [4.78, 5) is 12.4. The second-order valence-electron chi connectivity index (χ2n) is 5.87. The second kappa shape index (κ2) is 16.1. The molecular formula is C21H32N4OS. The zero-order valence-corrected chi connectivity index (χ0v) is 17.4. The van der Waals surface area contributed by atoms with Crippen LogP contribution >= 0.6 is 11.9 Å². The average molecular weight is 389 g/mol. The van der Waals surface area contributed by atoms with Crippen molar-refractivity contribution in [1.82, 2.24) is 5.32 Å². The molecule has 0 fully saturated rings. The Morgan fingerprint density at radius 1 is 1.30 bits per heavy atom. The normalized spacial score (nSPS) is 14.6. The molecule has 0 aromatic heterocycles. The minimum atomic E-state index is -0.392. The first kappa shape index (κ1) is 24.9. The fourth-order valence-corrected chi connectivity index (χ4v) is 2.78. The van der Waals surface area contributed by atoms with Gasteiger partial charge < -0.3 is 11.1 Å². The number of carbonyl (C=O) groups is 1. The molecule has 0 aromatic carbocycles. The van der Waals surface area contributed by atoms with Crippen LogP contribution in [-0.4, -0.2) is 19.0 Å². The van der Waals surface area contributed by atoms with E-state index in [9.17, 15) is 10.1 Å². The SMILES string of the molecule is C/C=C\CC(=CC/C=C/C)C(CC)CNC(=O)/C(C#N)=C/C(=C/SN)CN. The number of nitrogens with zero attached hydrogens (tertiary/aromatic N) is 1. The molecule has 0 saturated heterocycles. The van der Waals surface area contributed by atoms with Crippen LogP contribution in [-0.2, 0) is 4.79 Å². The maximum absolute atomic E-state index is 12.4. The molecule has 1 unspecified atom stereocenters. The van der Waals surface area contributed by atoms with Crippen LogP contribution in [0.15, 0.2) is 58.6 Å². The van der Waals surface area contributed by atoms with Gasteiger partial charge in [-0.15, -0.1) is 0 Å². The summed E-state index contributed by atoms with van der Waals surface area (Å²) in [7, 11) is 0. The number of nitriles is 1. The summed E-state index contributed by atoms with van der Waals surface area (Å²) in [6.07, 6.45) is 14.6. The van der Waals surface area contributed by atoms with Crippen LogP contribution in [0.25, 0.3) is 0 Å². The molecule has 27 heavy (non-hydrogen) atoms. The topological polar surface area (TPSA) is 105 Å². The van der Waals surface area contributed by atoms with E-state index < -0.39 is 5.91 Å². The number of hydrogen-bond donors (Lipinski definition) is 3. The molecule has 5 N–H and O–H groups in total. The molecule has 5 nitrogen and oxygen atoms in total. The molecule has 0 spiro atoms. The first-order valence-corrected chi connectivity index (χ1v) is 10.1. The van der Waals surface area contributed by atoms with Crippen molar-refractivity contribution in [3.63, 3.8) is 0 Å². The Hall–Kier alpha value is -2.07. The lowest BCUT2D eigenvalue weighted by Gasteiger charge is -2.19. The van der Waals surface area contributed by atoms with Gasteiger partial charge in [0.1, 0.15) is 11.6 Å². The Morgan fingerprint density at radius 3 is 2.52 bits per heavy atom. The third-order valence-electron chi connectivity index (χ3n) is 4.02. The monoisotopic (exact) mass is 388 g/mol. The molecule has 0 bridgehead atoms. The van der Waals surface area contributed by atoms with E-state index in [2.05, 4.69) is 30.5 Å². The van der Waals surface area contributed by atoms with Crippen molar-refractivity contribution in [1.29, 1.82) is 5.26 Å². The van der Waals surface area contributed by atoms with E-state index >= 15 is 0 Å². The van der Waals surface area contributed by atoms with Gasteiger partial charge in [0.05, 0.1) is 0 Å². The van der Waals surface area contributed by atoms with Gasteiger partial charge in [-0.3, -0.25) is 9.93 Å². The largest absolute Gasteiger partial charge is 0.351 e. The van der Waals surface area contributed by atoms with Gasteiger partial charge in [-0.25, -0.2) is 0 Å². The Kier molecular flexibility index (Phi) is 14.9. The highest BCUT2D eigenvalue weighted by atomic mass is 32.2. The third-order valence-corrected chi connectivity index (χ3v) is 4.46. The highest BCUT2D eigenvalue weighted by Gasteiger charge is 2.15. The third kappa shape index (κ3) is 10.6. The van der Waals surface area contributed by atoms with Gasteiger partial charge in [-0.1, -0.05) is 54.8 Å². The molecule has 0 heterocycles. The number of nitrogens with two attached hydrogens (primary N) is 2. The first-order valence-electron chi connectivity index (χ1n) is 9.13. The lowest BCUT2D eigenvalue weighted by atomic mass is 9.92. The summed E-state index contributed by atoms with van der Waals surface area (Å²) in [6, 6.07) is 1.94. The van der Waals surface area contributed by atoms with E-state index in [4.69, 9.17) is 10.9 Å². The number of hydrogen-bond acceptors (Lipinski definition) is 5. The van der Waals surface area contributed by atoms with Gasteiger partial charge in [0.2, 0.25) is 0 Å². The molecule has 0 aromatic rings. The van der Waals surface area contributed by atoms with Crippen molar-refractivity contribution >= 4 is 17.9 Å². The predicted molar refractivity (Wildman–Crippen MR) is 116 cm³/mol. The number of carbonyl (C=O) groups excluding carboxylic acids is 1. The summed E-state index contributed by atoms with van der Waals surface area (Å²) in [5.74, 6) is -0.171. The Balaban J connectivity index is 5.20. The van der Waals surface area contributed by atoms with Crippen molar-refractivity contribution < 1.29 is 4.79 Å². The first-order chi connectivity index (χ1) is 13.1. The minimum absolute atomic E-state index is 0.0310. The molecule has 0 saturated carbocycles. The number of amides is 1. The van der Waals surface area contributed by atoms with Crippen LogP contribution in [0.4, 0.5) is 0 Å². The maximum atomic E-state index is 12.4. The Morgan fingerprint density at radius 2 is 2.00 bits per heavy atom. The van der Waals surface area contributed by atoms with Gasteiger partial charge in [-0.2, -0.15) is 5.26 Å². The van der Waals surface area contributed by atoms with Crippen LogP contribution in [0.3, 0.4) is 0 Å². The second-order valence-corrected chi connectivity index (χ2v) is 6.38. The Labute approximate surface area is 168 Å². The van der Waals surface area contributed by atoms with Crippen LogP contribution in [0.2, 0.25) is 0 Å². The number of nitrogens with one attached hydrogen (secondary N) is 1. The van der Waals surface area contributed by atoms with Crippen molar-refractivity contribution in [2.45, 2.75) is 40.0 Å². The molecule has 0 radical (unpaired) electrons. The maximum Gasteiger partial charge on any atom is 0.261 e. The highest BCUT2D eigenvalue weighted by molar-refractivity contribution is 8.00. The molecule has 0 aliphatic rings. The van der Waals surface area contributed by atoms with E-state index in [0.717, 1.165) is 31.2 Å². The van der Waals surface area contributed by atoms with Gasteiger partial charge in [0.15, 0.2) is 0 Å². The van der Waals surface area contributed by atoms with E-state index in [1.807, 2.05) is 32.1 Å². The van der Waals surface area contributed by atoms with Gasteiger partial charge in [0, 0.05) is 13.1 Å². The summed E-state index contributed by atoms with van der Waals surface area (Å²) >= 11 is 0.994. The van der Waals surface area contributed by atoms with E-state index in [0.29, 0.717) is 12.1 Å². The van der Waals surface area contributed by atoms with Crippen LogP contribution in [0.5, 0.6) is 0 Å². The smallest absolute Gasteiger partial charge is 0.261 e. The summed E-state index contributed by atoms with van der Waals surface area (Å²) in [5.41, 5.74) is 7.57. The zero-order valence-electron chi connectivity index (χ0n) is 16.6. The fraction of sp³-hybridized carbons (Fsp3) is 0.429. The van der Waals surface area contributed by atoms with Crippen molar-refractivity contribution in [3.8, 4) is 6.07 Å². The Bertz CT molecular complexity index is 639. The lowest BCUT2D eigenvalue weighted by molar-refractivity contribution is -0.117. The molecule has 148 valence electrons. The number of allylic oxidation sites excluding steroid dienone is 5. The minimum Gasteiger partial charge on any atom is -0.351 e. The highest BCUT2D eigenvalue weighted by Crippen LogP contribution is 2.20. The lowest BCUT2D eigenvalue weighted by Crippen LogP contribution is -2.31. The average Bonchev–Trinajstić information content (AvgIpc) is 2.68. The van der Waals surface area contributed by atoms with Crippen molar-refractivity contribution in [2.24, 2.45) is 16.8 Å². The molecule has 1 atom stereocenters. The van der Waals surface area contributed by atoms with Crippen molar-refractivity contribution in [2.75, 3.05) is 13.1 Å². The molecule has 6 heteroatoms. The molecule has 0 aliphatic heterocycles. The summed E-state index contributed by atoms with van der Waals surface area (Å²) in [5, 5.41) is 19.2. The quantitative estimate of drug-likeness (QED) is 0.155. The van der Waals surface area contributed by atoms with Crippen LogP contribution in [0, 0.1) is 17.2 Å². The molecule has 0 aliphatic carbocycles. The molecular weight excluding hydrogens is 356 g/mol. The number of rotatable bonds is 12. The standard InChI is InChI=1S/C21H32N4OS/c1-4-7-9-11-19(10-8-5-2)18(6-3)15-25-21(26)20(14-23)12-17(13-22)16-27-24/h4-5,7-8,11-12,16,18H,6,9-10,13,15,22,24H2,1-3H3,(H,25,26)/b7-4+,8-5-,17-16-,19-11?,20-12+. The molecule has 0 rings (SSSR count). The summed E-state index contributed by atoms with van der Waals surface area (Å²) in [6.45, 7) is 6.80. The van der Waals surface area contributed by atoms with E-state index in [1.54, 1.807) is 5.41 Å². The van der Waals surface area contributed by atoms with Crippen LogP contribution < -0.4 is 16.2 Å². The fourth-order valence-electron chi connectivity index (χ4n) is 2.44. The van der Waals surface area contributed by atoms with Crippen LogP contribution in [0.1, 0.15) is 40.0 Å². The summed E-state index contributed by atoms with van der Waals surface area (Å²) < 4.78 is 0. The van der Waals surface area contributed by atoms with Crippen molar-refractivity contribution in [3.05, 3.63) is 58.6 Å². The van der Waals surface area contributed by atoms with Gasteiger partial charge >= 0.3 is 0 Å². The van der Waals surface area contributed by atoms with E-state index in [1.165, 1.54) is 11.6 Å². The molecule has 1 amide bonds. The van der Waals surface area contributed by atoms with E-state index in [-0.39, 0.29) is 18.0 Å². The van der Waals surface area contributed by atoms with Gasteiger partial charge in [-0.05, 0) is 56.1 Å².